The van der Waals surface area contributed by atoms with E-state index in [0.29, 0.717) is 22.2 Å². The van der Waals surface area contributed by atoms with Crippen molar-refractivity contribution in [1.29, 1.82) is 0 Å². The van der Waals surface area contributed by atoms with Gasteiger partial charge < -0.3 is 10.6 Å². The van der Waals surface area contributed by atoms with Crippen molar-refractivity contribution < 1.29 is 4.79 Å². The molecule has 0 atom stereocenters. The van der Waals surface area contributed by atoms with Crippen LogP contribution in [-0.2, 0) is 11.2 Å². The van der Waals surface area contributed by atoms with Gasteiger partial charge in [0.1, 0.15) is 0 Å². The van der Waals surface area contributed by atoms with Gasteiger partial charge in [-0.25, -0.2) is 0 Å². The number of halogens is 3. The molecular weight excluding hydrogens is 282 g/mol. The average molecular weight is 298 g/mol. The molecule has 0 aliphatic heterocycles. The molecule has 17 heavy (non-hydrogen) atoms. The lowest BCUT2D eigenvalue weighted by Crippen LogP contribution is -2.31. The summed E-state index contributed by atoms with van der Waals surface area (Å²) in [6.45, 7) is 1.33. The molecule has 1 rings (SSSR count). The van der Waals surface area contributed by atoms with Crippen molar-refractivity contribution in [2.24, 2.45) is 0 Å². The predicted octanol–water partition coefficient (Wildman–Crippen LogP) is 2.29. The smallest absolute Gasteiger partial charge is 0.224 e. The highest BCUT2D eigenvalue weighted by Gasteiger charge is 2.09. The molecule has 1 aromatic carbocycles. The Morgan fingerprint density at radius 3 is 2.35 bits per heavy atom. The van der Waals surface area contributed by atoms with Crippen LogP contribution in [0, 0.1) is 0 Å². The van der Waals surface area contributed by atoms with Crippen LogP contribution in [0.25, 0.3) is 0 Å². The highest BCUT2D eigenvalue weighted by molar-refractivity contribution is 6.36. The topological polar surface area (TPSA) is 41.1 Å². The van der Waals surface area contributed by atoms with Crippen molar-refractivity contribution in [3.05, 3.63) is 33.8 Å². The molecule has 0 aliphatic rings. The number of nitrogens with one attached hydrogen (secondary N) is 2. The molecule has 6 heteroatoms. The SMILES string of the molecule is CNCCNC(=O)Cc1c(Cl)cccc1Cl.Cl. The zero-order valence-corrected chi connectivity index (χ0v) is 11.8. The maximum atomic E-state index is 11.5. The van der Waals surface area contributed by atoms with Crippen LogP contribution < -0.4 is 10.6 Å². The molecule has 0 saturated heterocycles. The number of amides is 1. The molecule has 0 unspecified atom stereocenters. The quantitative estimate of drug-likeness (QED) is 0.819. The minimum absolute atomic E-state index is 0. The Kier molecular flexibility index (Phi) is 8.35. The first-order valence-electron chi connectivity index (χ1n) is 4.99. The van der Waals surface area contributed by atoms with E-state index in [2.05, 4.69) is 10.6 Å². The zero-order chi connectivity index (χ0) is 12.0. The molecule has 3 nitrogen and oxygen atoms in total. The molecule has 96 valence electrons. The van der Waals surface area contributed by atoms with Gasteiger partial charge in [-0.1, -0.05) is 29.3 Å². The maximum absolute atomic E-state index is 11.5. The van der Waals surface area contributed by atoms with Crippen molar-refractivity contribution in [3.8, 4) is 0 Å². The van der Waals surface area contributed by atoms with E-state index in [9.17, 15) is 4.79 Å². The van der Waals surface area contributed by atoms with E-state index in [4.69, 9.17) is 23.2 Å². The Bertz CT molecular complexity index is 351. The predicted molar refractivity (Wildman–Crippen MR) is 74.4 cm³/mol. The van der Waals surface area contributed by atoms with E-state index >= 15 is 0 Å². The van der Waals surface area contributed by atoms with Gasteiger partial charge in [0.2, 0.25) is 5.91 Å². The largest absolute Gasteiger partial charge is 0.355 e. The van der Waals surface area contributed by atoms with Crippen molar-refractivity contribution in [2.75, 3.05) is 20.1 Å². The van der Waals surface area contributed by atoms with Crippen molar-refractivity contribution in [3.63, 3.8) is 0 Å². The molecule has 0 radical (unpaired) electrons. The standard InChI is InChI=1S/C11H14Cl2N2O.ClH/c1-14-5-6-15-11(16)7-8-9(12)3-2-4-10(8)13;/h2-4,14H,5-7H2,1H3,(H,15,16);1H. The summed E-state index contributed by atoms with van der Waals surface area (Å²) in [5.41, 5.74) is 0.674. The van der Waals surface area contributed by atoms with Gasteiger partial charge in [0, 0.05) is 23.1 Å². The first-order chi connectivity index (χ1) is 7.65. The lowest BCUT2D eigenvalue weighted by molar-refractivity contribution is -0.120. The monoisotopic (exact) mass is 296 g/mol. The average Bonchev–Trinajstić information content (AvgIpc) is 2.24. The fourth-order valence-corrected chi connectivity index (χ4v) is 1.78. The third-order valence-corrected chi connectivity index (χ3v) is 2.80. The number of carbonyl (C=O) groups excluding carboxylic acids is 1. The molecule has 1 aromatic rings. The molecule has 0 heterocycles. The maximum Gasteiger partial charge on any atom is 0.224 e. The highest BCUT2D eigenvalue weighted by Crippen LogP contribution is 2.24. The molecule has 2 N–H and O–H groups in total. The first-order valence-corrected chi connectivity index (χ1v) is 5.75. The van der Waals surface area contributed by atoms with E-state index in [1.165, 1.54) is 0 Å². The van der Waals surface area contributed by atoms with Gasteiger partial charge >= 0.3 is 0 Å². The lowest BCUT2D eigenvalue weighted by Gasteiger charge is -2.07. The molecule has 0 saturated carbocycles. The van der Waals surface area contributed by atoms with Crippen LogP contribution in [0.3, 0.4) is 0 Å². The van der Waals surface area contributed by atoms with E-state index in [0.717, 1.165) is 6.54 Å². The molecule has 0 aromatic heterocycles. The van der Waals surface area contributed by atoms with Crippen molar-refractivity contribution >= 4 is 41.5 Å². The summed E-state index contributed by atoms with van der Waals surface area (Å²) in [4.78, 5) is 11.5. The Balaban J connectivity index is 0.00000256. The molecule has 0 aliphatic carbocycles. The third kappa shape index (κ3) is 5.59. The second-order valence-corrected chi connectivity index (χ2v) is 4.14. The lowest BCUT2D eigenvalue weighted by atomic mass is 10.1. The van der Waals surface area contributed by atoms with E-state index in [1.54, 1.807) is 18.2 Å². The van der Waals surface area contributed by atoms with Gasteiger partial charge in [-0.15, -0.1) is 12.4 Å². The second kappa shape index (κ2) is 8.59. The van der Waals surface area contributed by atoms with Crippen LogP contribution in [0.1, 0.15) is 5.56 Å². The number of hydrogen-bond donors (Lipinski definition) is 2. The summed E-state index contributed by atoms with van der Waals surface area (Å²) in [5.74, 6) is -0.0785. The van der Waals surface area contributed by atoms with Gasteiger partial charge in [-0.2, -0.15) is 0 Å². The van der Waals surface area contributed by atoms with E-state index in [1.807, 2.05) is 7.05 Å². The molecule has 0 fully saturated rings. The molecule has 0 spiro atoms. The zero-order valence-electron chi connectivity index (χ0n) is 9.43. The molecule has 1 amide bonds. The number of hydrogen-bond acceptors (Lipinski definition) is 2. The van der Waals surface area contributed by atoms with E-state index < -0.39 is 0 Å². The Morgan fingerprint density at radius 2 is 1.82 bits per heavy atom. The minimum Gasteiger partial charge on any atom is -0.355 e. The van der Waals surface area contributed by atoms with Gasteiger partial charge in [-0.05, 0) is 24.7 Å². The normalized spacial score (nSPS) is 9.59. The fraction of sp³-hybridized carbons (Fsp3) is 0.364. The summed E-state index contributed by atoms with van der Waals surface area (Å²) in [6, 6.07) is 5.21. The second-order valence-electron chi connectivity index (χ2n) is 3.33. The van der Waals surface area contributed by atoms with Crippen LogP contribution in [0.2, 0.25) is 10.0 Å². The number of likely N-dealkylation sites (N-methyl/N-ethyl adjacent to an activating group) is 1. The summed E-state index contributed by atoms with van der Waals surface area (Å²) >= 11 is 11.9. The molecule has 0 bridgehead atoms. The summed E-state index contributed by atoms with van der Waals surface area (Å²) in [5, 5.41) is 6.76. The van der Waals surface area contributed by atoms with Crippen LogP contribution in [0.15, 0.2) is 18.2 Å². The first kappa shape index (κ1) is 16.5. The van der Waals surface area contributed by atoms with Crippen molar-refractivity contribution in [2.45, 2.75) is 6.42 Å². The minimum atomic E-state index is -0.0785. The molecular formula is C11H15Cl3N2O. The highest BCUT2D eigenvalue weighted by atomic mass is 35.5. The Labute approximate surface area is 117 Å². The summed E-state index contributed by atoms with van der Waals surface area (Å²) in [7, 11) is 1.83. The van der Waals surface area contributed by atoms with Crippen LogP contribution >= 0.6 is 35.6 Å². The van der Waals surface area contributed by atoms with E-state index in [-0.39, 0.29) is 24.7 Å². The summed E-state index contributed by atoms with van der Waals surface area (Å²) < 4.78 is 0. The third-order valence-electron chi connectivity index (χ3n) is 2.10. The van der Waals surface area contributed by atoms with Crippen molar-refractivity contribution in [1.82, 2.24) is 10.6 Å². The fourth-order valence-electron chi connectivity index (χ4n) is 1.25. The number of benzene rings is 1. The summed E-state index contributed by atoms with van der Waals surface area (Å²) in [6.07, 6.45) is 0.211. The Hall–Kier alpha value is -0.480. The Morgan fingerprint density at radius 1 is 1.24 bits per heavy atom. The number of rotatable bonds is 5. The van der Waals surface area contributed by atoms with Gasteiger partial charge in [0.25, 0.3) is 0 Å². The van der Waals surface area contributed by atoms with Crippen LogP contribution in [0.4, 0.5) is 0 Å². The van der Waals surface area contributed by atoms with Gasteiger partial charge in [0.05, 0.1) is 6.42 Å². The van der Waals surface area contributed by atoms with Gasteiger partial charge in [0.15, 0.2) is 0 Å². The van der Waals surface area contributed by atoms with Crippen LogP contribution in [-0.4, -0.2) is 26.0 Å². The van der Waals surface area contributed by atoms with Crippen LogP contribution in [0.5, 0.6) is 0 Å². The number of carbonyl (C=O) groups is 1. The van der Waals surface area contributed by atoms with Gasteiger partial charge in [-0.3, -0.25) is 4.79 Å².